The number of aromatic amines is 1. The molecular formula is C15H21N3O4S. The number of sulfone groups is 1. The standard InChI is InChI=1S/C15H21N3O4S/c1-17(2)5-6-18(11-4-8-23(20,21)10-11)15(19)13-9-14-12(16-13)3-7-22-14/h3,7,9,11,16H,4-6,8,10H2,1-2H3. The molecule has 1 atom stereocenters. The van der Waals surface area contributed by atoms with E-state index in [0.717, 1.165) is 5.52 Å². The molecule has 126 valence electrons. The van der Waals surface area contributed by atoms with Crippen molar-refractivity contribution in [2.75, 3.05) is 38.7 Å². The van der Waals surface area contributed by atoms with Crippen LogP contribution in [0.1, 0.15) is 16.9 Å². The maximum Gasteiger partial charge on any atom is 0.270 e. The maximum absolute atomic E-state index is 12.9. The Morgan fingerprint density at radius 1 is 1.39 bits per heavy atom. The summed E-state index contributed by atoms with van der Waals surface area (Å²) in [4.78, 5) is 19.6. The maximum atomic E-state index is 12.9. The molecule has 3 heterocycles. The summed E-state index contributed by atoms with van der Waals surface area (Å²) in [5, 5.41) is 0. The second-order valence-corrected chi connectivity index (χ2v) is 8.47. The van der Waals surface area contributed by atoms with Gasteiger partial charge in [-0.15, -0.1) is 0 Å². The lowest BCUT2D eigenvalue weighted by molar-refractivity contribution is 0.0678. The Morgan fingerprint density at radius 2 is 2.17 bits per heavy atom. The Hall–Kier alpha value is -1.80. The number of rotatable bonds is 5. The molecule has 2 aromatic rings. The van der Waals surface area contributed by atoms with E-state index in [0.29, 0.717) is 30.8 Å². The summed E-state index contributed by atoms with van der Waals surface area (Å²) < 4.78 is 28.8. The summed E-state index contributed by atoms with van der Waals surface area (Å²) >= 11 is 0. The minimum Gasteiger partial charge on any atom is -0.463 e. The lowest BCUT2D eigenvalue weighted by Gasteiger charge is -2.29. The minimum absolute atomic E-state index is 0.0446. The van der Waals surface area contributed by atoms with Crippen molar-refractivity contribution in [1.82, 2.24) is 14.8 Å². The highest BCUT2D eigenvalue weighted by atomic mass is 32.2. The first-order valence-corrected chi connectivity index (χ1v) is 9.40. The number of carbonyl (C=O) groups is 1. The van der Waals surface area contributed by atoms with Crippen LogP contribution in [0, 0.1) is 0 Å². The van der Waals surface area contributed by atoms with E-state index in [1.807, 2.05) is 19.0 Å². The van der Waals surface area contributed by atoms with Gasteiger partial charge in [0.1, 0.15) is 5.69 Å². The highest BCUT2D eigenvalue weighted by Crippen LogP contribution is 2.22. The van der Waals surface area contributed by atoms with Crippen molar-refractivity contribution in [3.8, 4) is 0 Å². The molecule has 1 aliphatic heterocycles. The molecule has 8 heteroatoms. The molecular weight excluding hydrogens is 318 g/mol. The molecule has 23 heavy (non-hydrogen) atoms. The topological polar surface area (TPSA) is 86.6 Å². The second kappa shape index (κ2) is 6.01. The molecule has 2 aromatic heterocycles. The van der Waals surface area contributed by atoms with Gasteiger partial charge in [0.15, 0.2) is 15.4 Å². The molecule has 1 amide bonds. The molecule has 0 radical (unpaired) electrons. The van der Waals surface area contributed by atoms with E-state index in [1.54, 1.807) is 23.3 Å². The molecule has 0 saturated carbocycles. The monoisotopic (exact) mass is 339 g/mol. The molecule has 1 unspecified atom stereocenters. The zero-order valence-corrected chi connectivity index (χ0v) is 14.1. The summed E-state index contributed by atoms with van der Waals surface area (Å²) in [6.45, 7) is 1.17. The van der Waals surface area contributed by atoms with Gasteiger partial charge >= 0.3 is 0 Å². The van der Waals surface area contributed by atoms with Gasteiger partial charge in [0.05, 0.1) is 23.3 Å². The molecule has 7 nitrogen and oxygen atoms in total. The molecule has 1 saturated heterocycles. The van der Waals surface area contributed by atoms with E-state index in [9.17, 15) is 13.2 Å². The van der Waals surface area contributed by atoms with Crippen molar-refractivity contribution in [3.05, 3.63) is 24.1 Å². The van der Waals surface area contributed by atoms with Gasteiger partial charge in [-0.25, -0.2) is 8.42 Å². The van der Waals surface area contributed by atoms with E-state index in [-0.39, 0.29) is 23.5 Å². The lowest BCUT2D eigenvalue weighted by atomic mass is 10.2. The first-order chi connectivity index (χ1) is 10.9. The van der Waals surface area contributed by atoms with Crippen LogP contribution in [0.5, 0.6) is 0 Å². The summed E-state index contributed by atoms with van der Waals surface area (Å²) in [5.41, 5.74) is 1.82. The number of likely N-dealkylation sites (N-methyl/N-ethyl adjacent to an activating group) is 1. The fraction of sp³-hybridized carbons (Fsp3) is 0.533. The van der Waals surface area contributed by atoms with E-state index in [1.165, 1.54) is 0 Å². The first-order valence-electron chi connectivity index (χ1n) is 7.58. The summed E-state index contributed by atoms with van der Waals surface area (Å²) in [7, 11) is 0.808. The Balaban J connectivity index is 1.84. The summed E-state index contributed by atoms with van der Waals surface area (Å²) in [5.74, 6) is 0.0137. The molecule has 3 rings (SSSR count). The number of furan rings is 1. The predicted molar refractivity (Wildman–Crippen MR) is 87.2 cm³/mol. The third-order valence-electron chi connectivity index (χ3n) is 4.17. The molecule has 1 N–H and O–H groups in total. The Labute approximate surface area is 135 Å². The highest BCUT2D eigenvalue weighted by Gasteiger charge is 2.35. The van der Waals surface area contributed by atoms with Gasteiger partial charge in [0.2, 0.25) is 0 Å². The predicted octanol–water partition coefficient (Wildman–Crippen LogP) is 0.952. The summed E-state index contributed by atoms with van der Waals surface area (Å²) in [6, 6.07) is 3.17. The van der Waals surface area contributed by atoms with E-state index in [4.69, 9.17) is 4.42 Å². The minimum atomic E-state index is -3.04. The van der Waals surface area contributed by atoms with Crippen molar-refractivity contribution < 1.29 is 17.6 Å². The van der Waals surface area contributed by atoms with Crippen LogP contribution < -0.4 is 0 Å². The fourth-order valence-electron chi connectivity index (χ4n) is 2.90. The number of aromatic nitrogens is 1. The van der Waals surface area contributed by atoms with Crippen LogP contribution in [0.25, 0.3) is 11.1 Å². The molecule has 0 bridgehead atoms. The van der Waals surface area contributed by atoms with E-state index >= 15 is 0 Å². The van der Waals surface area contributed by atoms with Crippen LogP contribution in [-0.4, -0.2) is 73.8 Å². The van der Waals surface area contributed by atoms with Crippen LogP contribution in [0.3, 0.4) is 0 Å². The summed E-state index contributed by atoms with van der Waals surface area (Å²) in [6.07, 6.45) is 2.06. The molecule has 1 fully saturated rings. The third-order valence-corrected chi connectivity index (χ3v) is 5.92. The Bertz CT molecular complexity index is 777. The number of carbonyl (C=O) groups excluding carboxylic acids is 1. The number of nitrogens with one attached hydrogen (secondary N) is 1. The van der Waals surface area contributed by atoms with Gasteiger partial charge in [0, 0.05) is 31.3 Å². The molecule has 0 spiro atoms. The van der Waals surface area contributed by atoms with Gasteiger partial charge in [-0.1, -0.05) is 0 Å². The average molecular weight is 339 g/mol. The van der Waals surface area contributed by atoms with Crippen LogP contribution in [0.2, 0.25) is 0 Å². The lowest BCUT2D eigenvalue weighted by Crippen LogP contribution is -2.44. The van der Waals surface area contributed by atoms with Crippen molar-refractivity contribution in [2.24, 2.45) is 0 Å². The van der Waals surface area contributed by atoms with Crippen molar-refractivity contribution >= 4 is 26.8 Å². The van der Waals surface area contributed by atoms with Crippen molar-refractivity contribution in [2.45, 2.75) is 12.5 Å². The molecule has 0 aromatic carbocycles. The Kier molecular flexibility index (Phi) is 4.20. The number of nitrogens with zero attached hydrogens (tertiary/aromatic N) is 2. The van der Waals surface area contributed by atoms with Crippen LogP contribution in [-0.2, 0) is 9.84 Å². The van der Waals surface area contributed by atoms with Crippen LogP contribution >= 0.6 is 0 Å². The number of hydrogen-bond donors (Lipinski definition) is 1. The number of amides is 1. The van der Waals surface area contributed by atoms with Gasteiger partial charge in [-0.2, -0.15) is 0 Å². The van der Waals surface area contributed by atoms with Gasteiger partial charge < -0.3 is 19.2 Å². The number of hydrogen-bond acceptors (Lipinski definition) is 5. The smallest absolute Gasteiger partial charge is 0.270 e. The zero-order valence-electron chi connectivity index (χ0n) is 13.3. The van der Waals surface area contributed by atoms with Crippen molar-refractivity contribution in [1.29, 1.82) is 0 Å². The number of fused-ring (bicyclic) bond motifs is 1. The average Bonchev–Trinajstić information content (AvgIpc) is 3.12. The first kappa shape index (κ1) is 16.1. The van der Waals surface area contributed by atoms with Gasteiger partial charge in [-0.3, -0.25) is 4.79 Å². The van der Waals surface area contributed by atoms with Crippen LogP contribution in [0.4, 0.5) is 0 Å². The fourth-order valence-corrected chi connectivity index (χ4v) is 4.63. The third kappa shape index (κ3) is 3.42. The largest absolute Gasteiger partial charge is 0.463 e. The number of H-pyrrole nitrogens is 1. The van der Waals surface area contributed by atoms with Crippen LogP contribution in [0.15, 0.2) is 22.8 Å². The SMILES string of the molecule is CN(C)CCN(C(=O)c1cc2occc2[nH]1)C1CCS(=O)(=O)C1. The quantitative estimate of drug-likeness (QED) is 0.876. The zero-order chi connectivity index (χ0) is 16.6. The Morgan fingerprint density at radius 3 is 2.78 bits per heavy atom. The molecule has 1 aliphatic rings. The van der Waals surface area contributed by atoms with Crippen molar-refractivity contribution in [3.63, 3.8) is 0 Å². The van der Waals surface area contributed by atoms with Gasteiger partial charge in [-0.05, 0) is 20.5 Å². The van der Waals surface area contributed by atoms with Gasteiger partial charge in [0.25, 0.3) is 5.91 Å². The normalized spacial score (nSPS) is 20.4. The van der Waals surface area contributed by atoms with E-state index < -0.39 is 9.84 Å². The highest BCUT2D eigenvalue weighted by molar-refractivity contribution is 7.91. The second-order valence-electron chi connectivity index (χ2n) is 6.24. The molecule has 0 aliphatic carbocycles. The van der Waals surface area contributed by atoms with E-state index in [2.05, 4.69) is 4.98 Å².